The molecule has 0 aliphatic heterocycles. The highest BCUT2D eigenvalue weighted by molar-refractivity contribution is 9.10. The van der Waals surface area contributed by atoms with Crippen LogP contribution < -0.4 is 5.73 Å². The van der Waals surface area contributed by atoms with Crippen LogP contribution in [-0.4, -0.2) is 16.6 Å². The number of anilines is 1. The monoisotopic (exact) mass is 404 g/mol. The van der Waals surface area contributed by atoms with E-state index in [1.54, 1.807) is 29.7 Å². The molecule has 3 aromatic rings. The summed E-state index contributed by atoms with van der Waals surface area (Å²) in [5, 5.41) is 2.98. The average molecular weight is 405 g/mol. The fourth-order valence-corrected chi connectivity index (χ4v) is 3.94. The van der Waals surface area contributed by atoms with E-state index in [9.17, 15) is 4.79 Å². The van der Waals surface area contributed by atoms with Gasteiger partial charge in [-0.15, -0.1) is 11.3 Å². The lowest BCUT2D eigenvalue weighted by atomic mass is 10.0. The van der Waals surface area contributed by atoms with Crippen LogP contribution in [0.3, 0.4) is 0 Å². The second kappa shape index (κ2) is 6.18. The van der Waals surface area contributed by atoms with Gasteiger partial charge in [0.1, 0.15) is 11.4 Å². The molecule has 0 unspecified atom stereocenters. The number of nitrogens with two attached hydrogens (primary N) is 1. The molecule has 6 heteroatoms. The summed E-state index contributed by atoms with van der Waals surface area (Å²) in [6.45, 7) is 5.55. The molecular formula is C18H17BrN2O2S. The van der Waals surface area contributed by atoms with E-state index in [1.807, 2.05) is 32.9 Å². The van der Waals surface area contributed by atoms with E-state index in [1.165, 1.54) is 0 Å². The first kappa shape index (κ1) is 16.9. The maximum absolute atomic E-state index is 12.1. The molecule has 4 nitrogen and oxygen atoms in total. The van der Waals surface area contributed by atoms with Gasteiger partial charge in [0.15, 0.2) is 0 Å². The molecule has 24 heavy (non-hydrogen) atoms. The first-order valence-electron chi connectivity index (χ1n) is 7.41. The Morgan fingerprint density at radius 2 is 1.92 bits per heavy atom. The van der Waals surface area contributed by atoms with Crippen molar-refractivity contribution in [2.75, 3.05) is 5.73 Å². The lowest BCUT2D eigenvalue weighted by molar-refractivity contribution is 0.00696. The number of esters is 1. The summed E-state index contributed by atoms with van der Waals surface area (Å²) in [6, 6.07) is 7.35. The summed E-state index contributed by atoms with van der Waals surface area (Å²) in [6.07, 6.45) is 1.71. The fourth-order valence-electron chi connectivity index (χ4n) is 2.37. The van der Waals surface area contributed by atoms with Crippen molar-refractivity contribution in [1.82, 2.24) is 4.98 Å². The molecule has 2 aromatic heterocycles. The topological polar surface area (TPSA) is 65.2 Å². The van der Waals surface area contributed by atoms with E-state index < -0.39 is 5.60 Å². The van der Waals surface area contributed by atoms with Gasteiger partial charge in [-0.2, -0.15) is 0 Å². The third-order valence-electron chi connectivity index (χ3n) is 3.41. The predicted molar refractivity (Wildman–Crippen MR) is 102 cm³/mol. The van der Waals surface area contributed by atoms with Crippen molar-refractivity contribution < 1.29 is 9.53 Å². The van der Waals surface area contributed by atoms with E-state index in [-0.39, 0.29) is 5.97 Å². The molecule has 124 valence electrons. The SMILES string of the molecule is CC(C)(C)OC(=O)c1ccc(-c2csc3c(Br)cnc(N)c23)cc1. The van der Waals surface area contributed by atoms with Crippen molar-refractivity contribution in [2.24, 2.45) is 0 Å². The summed E-state index contributed by atoms with van der Waals surface area (Å²) >= 11 is 5.12. The number of carbonyl (C=O) groups is 1. The fraction of sp³-hybridized carbons (Fsp3) is 0.222. The second-order valence-corrected chi connectivity index (χ2v) is 8.16. The van der Waals surface area contributed by atoms with Crippen molar-refractivity contribution in [2.45, 2.75) is 26.4 Å². The third-order valence-corrected chi connectivity index (χ3v) is 5.29. The Labute approximate surface area is 152 Å². The number of nitrogens with zero attached hydrogens (tertiary/aromatic N) is 1. The zero-order valence-electron chi connectivity index (χ0n) is 13.6. The van der Waals surface area contributed by atoms with Gasteiger partial charge in [-0.1, -0.05) is 12.1 Å². The van der Waals surface area contributed by atoms with Gasteiger partial charge in [-0.05, 0) is 59.8 Å². The van der Waals surface area contributed by atoms with Gasteiger partial charge >= 0.3 is 5.97 Å². The van der Waals surface area contributed by atoms with E-state index in [0.29, 0.717) is 11.4 Å². The highest BCUT2D eigenvalue weighted by atomic mass is 79.9. The molecule has 0 saturated heterocycles. The van der Waals surface area contributed by atoms with Crippen LogP contribution in [0.2, 0.25) is 0 Å². The van der Waals surface area contributed by atoms with Crippen LogP contribution in [0.1, 0.15) is 31.1 Å². The molecule has 0 amide bonds. The number of halogens is 1. The lowest BCUT2D eigenvalue weighted by Gasteiger charge is -2.19. The number of pyridine rings is 1. The number of nitrogen functional groups attached to an aromatic ring is 1. The minimum absolute atomic E-state index is 0.326. The van der Waals surface area contributed by atoms with Crippen molar-refractivity contribution in [1.29, 1.82) is 0 Å². The smallest absolute Gasteiger partial charge is 0.338 e. The van der Waals surface area contributed by atoms with Crippen LogP contribution in [0.15, 0.2) is 40.3 Å². The van der Waals surface area contributed by atoms with Crippen LogP contribution in [-0.2, 0) is 4.74 Å². The average Bonchev–Trinajstić information content (AvgIpc) is 2.96. The summed E-state index contributed by atoms with van der Waals surface area (Å²) < 4.78 is 7.37. The van der Waals surface area contributed by atoms with Crippen LogP contribution in [0.25, 0.3) is 21.2 Å². The molecule has 2 N–H and O–H groups in total. The summed E-state index contributed by atoms with van der Waals surface area (Å²) in [7, 11) is 0. The number of rotatable bonds is 2. The first-order valence-corrected chi connectivity index (χ1v) is 9.08. The first-order chi connectivity index (χ1) is 11.3. The maximum atomic E-state index is 12.1. The van der Waals surface area contributed by atoms with Crippen molar-refractivity contribution >= 4 is 49.1 Å². The van der Waals surface area contributed by atoms with E-state index in [4.69, 9.17) is 10.5 Å². The number of ether oxygens (including phenoxy) is 1. The number of aromatic nitrogens is 1. The Kier molecular flexibility index (Phi) is 4.36. The van der Waals surface area contributed by atoms with Crippen LogP contribution in [0, 0.1) is 0 Å². The summed E-state index contributed by atoms with van der Waals surface area (Å²) in [4.78, 5) is 16.3. The number of carbonyl (C=O) groups excluding carboxylic acids is 1. The summed E-state index contributed by atoms with van der Waals surface area (Å²) in [5.74, 6) is 0.175. The molecule has 0 saturated carbocycles. The van der Waals surface area contributed by atoms with Crippen molar-refractivity contribution in [3.8, 4) is 11.1 Å². The van der Waals surface area contributed by atoms with Crippen LogP contribution in [0.4, 0.5) is 5.82 Å². The number of fused-ring (bicyclic) bond motifs is 1. The summed E-state index contributed by atoms with van der Waals surface area (Å²) in [5.41, 5.74) is 8.07. The predicted octanol–water partition coefficient (Wildman–Crippen LogP) is 5.26. The molecule has 2 heterocycles. The van der Waals surface area contributed by atoms with Gasteiger partial charge < -0.3 is 10.5 Å². The molecule has 0 bridgehead atoms. The van der Waals surface area contributed by atoms with Gasteiger partial charge in [0, 0.05) is 17.1 Å². The van der Waals surface area contributed by atoms with Crippen LogP contribution in [0.5, 0.6) is 0 Å². The minimum atomic E-state index is -0.508. The number of thiophene rings is 1. The van der Waals surface area contributed by atoms with E-state index in [0.717, 1.165) is 25.7 Å². The van der Waals surface area contributed by atoms with Gasteiger partial charge in [-0.3, -0.25) is 0 Å². The molecule has 1 aromatic carbocycles. The molecule has 0 spiro atoms. The maximum Gasteiger partial charge on any atom is 0.338 e. The van der Waals surface area contributed by atoms with Gasteiger partial charge in [0.25, 0.3) is 0 Å². The Bertz CT molecular complexity index is 911. The lowest BCUT2D eigenvalue weighted by Crippen LogP contribution is -2.23. The Morgan fingerprint density at radius 1 is 1.25 bits per heavy atom. The normalized spacial score (nSPS) is 11.7. The molecular weight excluding hydrogens is 388 g/mol. The largest absolute Gasteiger partial charge is 0.456 e. The second-order valence-electron chi connectivity index (χ2n) is 6.42. The zero-order valence-corrected chi connectivity index (χ0v) is 16.0. The Balaban J connectivity index is 1.98. The van der Waals surface area contributed by atoms with Gasteiger partial charge in [0.05, 0.1) is 14.7 Å². The number of hydrogen-bond acceptors (Lipinski definition) is 5. The van der Waals surface area contributed by atoms with E-state index in [2.05, 4.69) is 26.3 Å². The minimum Gasteiger partial charge on any atom is -0.456 e. The molecule has 0 fully saturated rings. The molecule has 0 atom stereocenters. The third kappa shape index (κ3) is 3.30. The van der Waals surface area contributed by atoms with Gasteiger partial charge in [0.2, 0.25) is 0 Å². The van der Waals surface area contributed by atoms with Crippen molar-refractivity contribution in [3.05, 3.63) is 45.9 Å². The number of hydrogen-bond donors (Lipinski definition) is 1. The Hall–Kier alpha value is -1.92. The number of benzene rings is 1. The zero-order chi connectivity index (χ0) is 17.5. The highest BCUT2D eigenvalue weighted by Gasteiger charge is 2.18. The molecule has 0 aliphatic rings. The molecule has 0 radical (unpaired) electrons. The van der Waals surface area contributed by atoms with Gasteiger partial charge in [-0.25, -0.2) is 9.78 Å². The Morgan fingerprint density at radius 3 is 2.54 bits per heavy atom. The van der Waals surface area contributed by atoms with Crippen LogP contribution >= 0.6 is 27.3 Å². The highest BCUT2D eigenvalue weighted by Crippen LogP contribution is 2.40. The van der Waals surface area contributed by atoms with E-state index >= 15 is 0 Å². The van der Waals surface area contributed by atoms with Crippen molar-refractivity contribution in [3.63, 3.8) is 0 Å². The quantitative estimate of drug-likeness (QED) is 0.591. The standard InChI is InChI=1S/C18H17BrN2O2S/c1-18(2,3)23-17(22)11-6-4-10(5-7-11)12-9-24-15-13(19)8-21-16(20)14(12)15/h4-9H,1-3H3,(H2,20,21). The molecule has 3 rings (SSSR count). The molecule has 0 aliphatic carbocycles.